The fourth-order valence-electron chi connectivity index (χ4n) is 2.76. The molecule has 2 aromatic rings. The maximum atomic E-state index is 13.1. The summed E-state index contributed by atoms with van der Waals surface area (Å²) in [7, 11) is 0. The minimum absolute atomic E-state index is 0.154. The number of carbonyl (C=O) groups is 2. The summed E-state index contributed by atoms with van der Waals surface area (Å²) in [5, 5.41) is 2.61. The molecular weight excluding hydrogens is 309 g/mol. The van der Waals surface area contributed by atoms with Crippen LogP contribution in [-0.4, -0.2) is 23.3 Å². The lowest BCUT2D eigenvalue weighted by Crippen LogP contribution is -2.34. The van der Waals surface area contributed by atoms with Crippen LogP contribution in [0.4, 0.5) is 15.8 Å². The highest BCUT2D eigenvalue weighted by atomic mass is 19.1. The van der Waals surface area contributed by atoms with E-state index < -0.39 is 5.82 Å². The first-order chi connectivity index (χ1) is 11.6. The lowest BCUT2D eigenvalue weighted by atomic mass is 9.98. The van der Waals surface area contributed by atoms with Crippen molar-refractivity contribution in [3.05, 3.63) is 66.3 Å². The van der Waals surface area contributed by atoms with E-state index in [1.54, 1.807) is 23.1 Å². The summed E-state index contributed by atoms with van der Waals surface area (Å²) in [6.45, 7) is 4.15. The van der Waals surface area contributed by atoms with Crippen LogP contribution in [0.15, 0.2) is 49.3 Å². The second kappa shape index (κ2) is 6.62. The van der Waals surface area contributed by atoms with E-state index in [9.17, 15) is 14.0 Å². The molecule has 0 bridgehead atoms. The number of carbonyl (C=O) groups excluding carboxylic acids is 2. The third kappa shape index (κ3) is 3.17. The standard InChI is InChI=1S/C18H16FN3O2/c1-2-17(23)22-7-3-4-12-8-13(5-6-16(12)22)18(24)21-15-9-14(19)10-20-11-15/h2,5-6,8-11H,1,3-4,7H2,(H,21,24). The van der Waals surface area contributed by atoms with E-state index in [1.165, 1.54) is 18.3 Å². The highest BCUT2D eigenvalue weighted by Gasteiger charge is 2.21. The molecule has 0 atom stereocenters. The summed E-state index contributed by atoms with van der Waals surface area (Å²) in [5.74, 6) is -1.02. The number of hydrogen-bond donors (Lipinski definition) is 1. The summed E-state index contributed by atoms with van der Waals surface area (Å²) in [6, 6.07) is 6.37. The van der Waals surface area contributed by atoms with E-state index in [1.807, 2.05) is 0 Å². The molecule has 122 valence electrons. The number of fused-ring (bicyclic) bond motifs is 1. The van der Waals surface area contributed by atoms with Gasteiger partial charge in [-0.05, 0) is 42.7 Å². The maximum absolute atomic E-state index is 13.1. The van der Waals surface area contributed by atoms with Crippen LogP contribution in [0.25, 0.3) is 0 Å². The van der Waals surface area contributed by atoms with E-state index in [0.717, 1.165) is 30.3 Å². The Morgan fingerprint density at radius 2 is 2.12 bits per heavy atom. The van der Waals surface area contributed by atoms with Crippen LogP contribution in [-0.2, 0) is 11.2 Å². The van der Waals surface area contributed by atoms with Gasteiger partial charge >= 0.3 is 0 Å². The molecule has 3 rings (SSSR count). The van der Waals surface area contributed by atoms with Crippen molar-refractivity contribution in [3.63, 3.8) is 0 Å². The van der Waals surface area contributed by atoms with Crippen molar-refractivity contribution in [1.29, 1.82) is 0 Å². The smallest absolute Gasteiger partial charge is 0.255 e. The Morgan fingerprint density at radius 3 is 2.88 bits per heavy atom. The zero-order valence-electron chi connectivity index (χ0n) is 13.0. The first-order valence-corrected chi connectivity index (χ1v) is 7.57. The van der Waals surface area contributed by atoms with E-state index in [2.05, 4.69) is 16.9 Å². The van der Waals surface area contributed by atoms with Crippen molar-refractivity contribution >= 4 is 23.2 Å². The molecule has 0 saturated heterocycles. The fourth-order valence-corrected chi connectivity index (χ4v) is 2.76. The number of halogens is 1. The quantitative estimate of drug-likeness (QED) is 0.883. The van der Waals surface area contributed by atoms with Crippen molar-refractivity contribution in [2.45, 2.75) is 12.8 Å². The van der Waals surface area contributed by atoms with Gasteiger partial charge < -0.3 is 10.2 Å². The number of hydrogen-bond acceptors (Lipinski definition) is 3. The van der Waals surface area contributed by atoms with Gasteiger partial charge in [0, 0.05) is 23.9 Å². The second-order valence-corrected chi connectivity index (χ2v) is 5.49. The van der Waals surface area contributed by atoms with Gasteiger partial charge in [0.2, 0.25) is 5.91 Å². The average molecular weight is 325 g/mol. The number of amides is 2. The molecule has 5 nitrogen and oxygen atoms in total. The Labute approximate surface area is 138 Å². The predicted octanol–water partition coefficient (Wildman–Crippen LogP) is 2.94. The van der Waals surface area contributed by atoms with Gasteiger partial charge in [-0.1, -0.05) is 6.58 Å². The number of nitrogens with one attached hydrogen (secondary N) is 1. The number of nitrogens with zero attached hydrogens (tertiary/aromatic N) is 2. The topological polar surface area (TPSA) is 62.3 Å². The molecule has 0 aliphatic carbocycles. The van der Waals surface area contributed by atoms with Crippen LogP contribution in [0, 0.1) is 5.82 Å². The van der Waals surface area contributed by atoms with E-state index in [-0.39, 0.29) is 11.8 Å². The molecule has 0 unspecified atom stereocenters. The van der Waals surface area contributed by atoms with Crippen LogP contribution < -0.4 is 10.2 Å². The highest BCUT2D eigenvalue weighted by Crippen LogP contribution is 2.28. The molecule has 0 radical (unpaired) electrons. The van der Waals surface area contributed by atoms with Crippen molar-refractivity contribution in [2.75, 3.05) is 16.8 Å². The maximum Gasteiger partial charge on any atom is 0.255 e. The second-order valence-electron chi connectivity index (χ2n) is 5.49. The Kier molecular flexibility index (Phi) is 4.37. The molecule has 24 heavy (non-hydrogen) atoms. The number of anilines is 2. The van der Waals surface area contributed by atoms with Gasteiger partial charge in [-0.3, -0.25) is 14.6 Å². The van der Waals surface area contributed by atoms with E-state index in [0.29, 0.717) is 17.8 Å². The largest absolute Gasteiger partial charge is 0.320 e. The van der Waals surface area contributed by atoms with Crippen molar-refractivity contribution in [3.8, 4) is 0 Å². The number of pyridine rings is 1. The van der Waals surface area contributed by atoms with Gasteiger partial charge in [0.25, 0.3) is 5.91 Å². The summed E-state index contributed by atoms with van der Waals surface area (Å²) in [5.41, 5.74) is 2.48. The van der Waals surface area contributed by atoms with Gasteiger partial charge in [0.15, 0.2) is 0 Å². The first-order valence-electron chi connectivity index (χ1n) is 7.57. The summed E-state index contributed by atoms with van der Waals surface area (Å²) in [6.07, 6.45) is 5.35. The molecule has 0 saturated carbocycles. The molecule has 1 aliphatic rings. The summed E-state index contributed by atoms with van der Waals surface area (Å²) >= 11 is 0. The minimum atomic E-state index is -0.517. The Bertz CT molecular complexity index is 820. The third-order valence-corrected chi connectivity index (χ3v) is 3.86. The highest BCUT2D eigenvalue weighted by molar-refractivity contribution is 6.06. The monoisotopic (exact) mass is 325 g/mol. The van der Waals surface area contributed by atoms with Crippen molar-refractivity contribution < 1.29 is 14.0 Å². The molecule has 0 fully saturated rings. The van der Waals surface area contributed by atoms with Crippen LogP contribution in [0.1, 0.15) is 22.3 Å². The lowest BCUT2D eigenvalue weighted by Gasteiger charge is -2.28. The van der Waals surface area contributed by atoms with Crippen LogP contribution in [0.5, 0.6) is 0 Å². The molecule has 1 aromatic heterocycles. The van der Waals surface area contributed by atoms with Gasteiger partial charge in [0.05, 0.1) is 18.1 Å². The number of rotatable bonds is 3. The summed E-state index contributed by atoms with van der Waals surface area (Å²) < 4.78 is 13.1. The molecule has 1 aromatic carbocycles. The van der Waals surface area contributed by atoms with Crippen molar-refractivity contribution in [1.82, 2.24) is 4.98 Å². The number of aryl methyl sites for hydroxylation is 1. The van der Waals surface area contributed by atoms with Crippen LogP contribution >= 0.6 is 0 Å². The molecule has 1 aliphatic heterocycles. The van der Waals surface area contributed by atoms with E-state index in [4.69, 9.17) is 0 Å². The zero-order chi connectivity index (χ0) is 17.1. The van der Waals surface area contributed by atoms with Crippen molar-refractivity contribution in [2.24, 2.45) is 0 Å². The third-order valence-electron chi connectivity index (χ3n) is 3.86. The molecule has 0 spiro atoms. The lowest BCUT2D eigenvalue weighted by molar-refractivity contribution is -0.114. The first kappa shape index (κ1) is 15.9. The van der Waals surface area contributed by atoms with Gasteiger partial charge in [-0.15, -0.1) is 0 Å². The average Bonchev–Trinajstić information content (AvgIpc) is 2.60. The fraction of sp³-hybridized carbons (Fsp3) is 0.167. The summed E-state index contributed by atoms with van der Waals surface area (Å²) in [4.78, 5) is 29.6. The van der Waals surface area contributed by atoms with Gasteiger partial charge in [-0.2, -0.15) is 0 Å². The molecular formula is C18H16FN3O2. The Balaban J connectivity index is 1.84. The van der Waals surface area contributed by atoms with Gasteiger partial charge in [-0.25, -0.2) is 4.39 Å². The van der Waals surface area contributed by atoms with Crippen LogP contribution in [0.3, 0.4) is 0 Å². The number of benzene rings is 1. The van der Waals surface area contributed by atoms with Crippen LogP contribution in [0.2, 0.25) is 0 Å². The molecule has 2 amide bonds. The predicted molar refractivity (Wildman–Crippen MR) is 89.5 cm³/mol. The molecule has 6 heteroatoms. The Morgan fingerprint density at radius 1 is 1.29 bits per heavy atom. The SMILES string of the molecule is C=CC(=O)N1CCCc2cc(C(=O)Nc3cncc(F)c3)ccc21. The normalized spacial score (nSPS) is 13.1. The zero-order valence-corrected chi connectivity index (χ0v) is 13.0. The number of aromatic nitrogens is 1. The molecule has 1 N–H and O–H groups in total. The van der Waals surface area contributed by atoms with E-state index >= 15 is 0 Å². The Hall–Kier alpha value is -3.02. The molecule has 2 heterocycles. The minimum Gasteiger partial charge on any atom is -0.320 e. The van der Waals surface area contributed by atoms with Gasteiger partial charge in [0.1, 0.15) is 5.82 Å².